The zero-order valence-electron chi connectivity index (χ0n) is 14.3. The van der Waals surface area contributed by atoms with E-state index >= 15 is 0 Å². The van der Waals surface area contributed by atoms with Gasteiger partial charge >= 0.3 is 29.6 Å². The fraction of sp³-hybridized carbons (Fsp3) is 0.667. The molecule has 0 spiro atoms. The summed E-state index contributed by atoms with van der Waals surface area (Å²) in [6.45, 7) is 0.639. The maximum atomic E-state index is 12.6. The molecule has 2 aliphatic rings. The van der Waals surface area contributed by atoms with E-state index in [1.165, 1.54) is 0 Å². The smallest absolute Gasteiger partial charge is 0.548 e. The molecular formula is C15H21N4NaO3S. The summed E-state index contributed by atoms with van der Waals surface area (Å²) in [5.41, 5.74) is 0.644. The van der Waals surface area contributed by atoms with E-state index in [0.29, 0.717) is 25.1 Å². The summed E-state index contributed by atoms with van der Waals surface area (Å²) >= 11 is 1.78. The Kier molecular flexibility index (Phi) is 6.28. The Morgan fingerprint density at radius 2 is 2.08 bits per heavy atom. The van der Waals surface area contributed by atoms with Gasteiger partial charge in [0.15, 0.2) is 0 Å². The predicted molar refractivity (Wildman–Crippen MR) is 86.0 cm³/mol. The molecule has 3 rings (SSSR count). The van der Waals surface area contributed by atoms with E-state index < -0.39 is 18.1 Å². The molecule has 1 aliphatic heterocycles. The summed E-state index contributed by atoms with van der Waals surface area (Å²) in [6.07, 6.45) is 8.52. The number of aliphatic carboxylic acids is 1. The van der Waals surface area contributed by atoms with Crippen LogP contribution < -0.4 is 44.9 Å². The Bertz CT molecular complexity index is 620. The largest absolute Gasteiger partial charge is 1.00 e. The second kappa shape index (κ2) is 7.68. The van der Waals surface area contributed by atoms with Crippen molar-refractivity contribution in [3.8, 4) is 0 Å². The molecule has 2 atom stereocenters. The molecule has 1 saturated heterocycles. The van der Waals surface area contributed by atoms with Gasteiger partial charge in [0, 0.05) is 24.5 Å². The number of nitrogens with zero attached hydrogens (tertiary/aromatic N) is 3. The van der Waals surface area contributed by atoms with Gasteiger partial charge in [-0.15, -0.1) is 0 Å². The maximum absolute atomic E-state index is 12.6. The van der Waals surface area contributed by atoms with Crippen LogP contribution in [-0.4, -0.2) is 51.3 Å². The van der Waals surface area contributed by atoms with Gasteiger partial charge in [-0.1, -0.05) is 0 Å². The molecule has 1 N–H and O–H groups in total. The second-order valence-corrected chi connectivity index (χ2v) is 7.59. The molecule has 1 saturated carbocycles. The van der Waals surface area contributed by atoms with Gasteiger partial charge in [0.2, 0.25) is 5.91 Å². The first-order valence-electron chi connectivity index (χ1n) is 7.76. The number of hydrogen-bond donors (Lipinski definition) is 1. The van der Waals surface area contributed by atoms with Gasteiger partial charge in [-0.2, -0.15) is 16.9 Å². The summed E-state index contributed by atoms with van der Waals surface area (Å²) in [4.78, 5) is 25.6. The quantitative estimate of drug-likeness (QED) is 0.530. The molecule has 2 fully saturated rings. The van der Waals surface area contributed by atoms with Crippen LogP contribution in [-0.2, 0) is 16.6 Å². The number of carbonyl (C=O) groups is 2. The van der Waals surface area contributed by atoms with Gasteiger partial charge < -0.3 is 20.1 Å². The number of aromatic nitrogens is 2. The van der Waals surface area contributed by atoms with E-state index in [0.717, 1.165) is 12.8 Å². The standard InChI is InChI=1S/C15H22N4O3S.Na/c1-18-8-10(7-17-18)19-11(3-4-12(19)14(21)22)13(20)16-9-15(23-2)5-6-15;/h7-8,11-12H,3-6,9H2,1-2H3,(H,16,20)(H,21,22);/q;+1/p-1. The Morgan fingerprint density at radius 1 is 1.42 bits per heavy atom. The van der Waals surface area contributed by atoms with Crippen LogP contribution in [0.2, 0.25) is 0 Å². The van der Waals surface area contributed by atoms with Crippen molar-refractivity contribution < 1.29 is 44.3 Å². The average Bonchev–Trinajstić information content (AvgIpc) is 2.95. The SMILES string of the molecule is CSC1(CNC(=O)C2CCC(C(=O)[O-])N2c2cnn(C)c2)CC1.[Na+]. The van der Waals surface area contributed by atoms with Crippen LogP contribution in [0, 0.1) is 0 Å². The molecule has 126 valence electrons. The van der Waals surface area contributed by atoms with Crippen LogP contribution in [0.25, 0.3) is 0 Å². The molecule has 0 radical (unpaired) electrons. The maximum Gasteiger partial charge on any atom is 1.00 e. The Hall–Kier alpha value is -0.700. The first kappa shape index (κ1) is 19.6. The Morgan fingerprint density at radius 3 is 2.58 bits per heavy atom. The molecule has 7 nitrogen and oxygen atoms in total. The third-order valence-electron chi connectivity index (χ3n) is 4.77. The summed E-state index contributed by atoms with van der Waals surface area (Å²) < 4.78 is 1.78. The average molecular weight is 360 g/mol. The molecule has 0 aromatic carbocycles. The summed E-state index contributed by atoms with van der Waals surface area (Å²) in [5, 5.41) is 18.5. The Labute approximate surface area is 167 Å². The molecule has 24 heavy (non-hydrogen) atoms. The van der Waals surface area contributed by atoms with Gasteiger partial charge in [0.25, 0.3) is 0 Å². The van der Waals surface area contributed by atoms with Crippen molar-refractivity contribution in [1.29, 1.82) is 0 Å². The fourth-order valence-corrected chi connectivity index (χ4v) is 3.89. The van der Waals surface area contributed by atoms with Gasteiger partial charge in [-0.3, -0.25) is 9.48 Å². The monoisotopic (exact) mass is 360 g/mol. The first-order valence-corrected chi connectivity index (χ1v) is 8.99. The molecule has 2 heterocycles. The minimum Gasteiger partial charge on any atom is -0.548 e. The summed E-state index contributed by atoms with van der Waals surface area (Å²) in [5.74, 6) is -1.26. The number of carboxylic acids is 1. The molecule has 2 unspecified atom stereocenters. The summed E-state index contributed by atoms with van der Waals surface area (Å²) in [7, 11) is 1.76. The summed E-state index contributed by atoms with van der Waals surface area (Å²) in [6, 6.07) is -1.27. The number of aryl methyl sites for hydroxylation is 1. The second-order valence-electron chi connectivity index (χ2n) is 6.31. The molecule has 1 aliphatic carbocycles. The van der Waals surface area contributed by atoms with Crippen molar-refractivity contribution in [2.45, 2.75) is 42.5 Å². The van der Waals surface area contributed by atoms with Gasteiger partial charge in [-0.05, 0) is 31.9 Å². The van der Waals surface area contributed by atoms with E-state index in [1.54, 1.807) is 40.8 Å². The van der Waals surface area contributed by atoms with Gasteiger partial charge in [-0.25, -0.2) is 0 Å². The number of hydrogen-bond acceptors (Lipinski definition) is 6. The Balaban J connectivity index is 0.00000208. The minimum absolute atomic E-state index is 0. The zero-order chi connectivity index (χ0) is 16.6. The fourth-order valence-electron chi connectivity index (χ4n) is 3.16. The van der Waals surface area contributed by atoms with Gasteiger partial charge in [0.05, 0.1) is 23.9 Å². The molecule has 1 aromatic heterocycles. The molecule has 0 bridgehead atoms. The number of thioether (sulfide) groups is 1. The number of carbonyl (C=O) groups excluding carboxylic acids is 2. The number of nitrogens with one attached hydrogen (secondary N) is 1. The molecule has 1 amide bonds. The van der Waals surface area contributed by atoms with Crippen molar-refractivity contribution in [1.82, 2.24) is 15.1 Å². The number of amides is 1. The molecule has 9 heteroatoms. The van der Waals surface area contributed by atoms with Crippen molar-refractivity contribution >= 4 is 29.3 Å². The van der Waals surface area contributed by atoms with E-state index in [2.05, 4.69) is 16.7 Å². The third kappa shape index (κ3) is 3.92. The van der Waals surface area contributed by atoms with Crippen LogP contribution in [0.4, 0.5) is 5.69 Å². The molecule has 1 aromatic rings. The number of carboxylic acid groups (broad SMARTS) is 1. The van der Waals surface area contributed by atoms with Crippen LogP contribution in [0.1, 0.15) is 25.7 Å². The third-order valence-corrected chi connectivity index (χ3v) is 6.19. The molecular weight excluding hydrogens is 339 g/mol. The van der Waals surface area contributed by atoms with Crippen molar-refractivity contribution in [3.63, 3.8) is 0 Å². The first-order chi connectivity index (χ1) is 11.0. The normalized spacial score (nSPS) is 24.3. The minimum atomic E-state index is -1.15. The number of anilines is 1. The van der Waals surface area contributed by atoms with Crippen LogP contribution in [0.15, 0.2) is 12.4 Å². The van der Waals surface area contributed by atoms with E-state index in [1.807, 2.05) is 0 Å². The van der Waals surface area contributed by atoms with Crippen molar-refractivity contribution in [3.05, 3.63) is 12.4 Å². The van der Waals surface area contributed by atoms with E-state index in [9.17, 15) is 14.7 Å². The van der Waals surface area contributed by atoms with Crippen molar-refractivity contribution in [2.75, 3.05) is 17.7 Å². The van der Waals surface area contributed by atoms with E-state index in [4.69, 9.17) is 0 Å². The van der Waals surface area contributed by atoms with Crippen LogP contribution in [0.5, 0.6) is 0 Å². The van der Waals surface area contributed by atoms with Crippen LogP contribution in [0.3, 0.4) is 0 Å². The van der Waals surface area contributed by atoms with Crippen LogP contribution >= 0.6 is 11.8 Å². The van der Waals surface area contributed by atoms with Crippen molar-refractivity contribution in [2.24, 2.45) is 7.05 Å². The topological polar surface area (TPSA) is 90.3 Å². The van der Waals surface area contributed by atoms with Gasteiger partial charge in [0.1, 0.15) is 6.04 Å². The number of rotatable bonds is 6. The predicted octanol–water partition coefficient (Wildman–Crippen LogP) is -3.48. The zero-order valence-corrected chi connectivity index (χ0v) is 17.1. The van der Waals surface area contributed by atoms with E-state index in [-0.39, 0.29) is 40.2 Å².